The Hall–Kier alpha value is -1.72. The van der Waals surface area contributed by atoms with Crippen LogP contribution in [0, 0.1) is 0 Å². The van der Waals surface area contributed by atoms with Crippen LogP contribution in [0.3, 0.4) is 0 Å². The van der Waals surface area contributed by atoms with Crippen LogP contribution in [0.15, 0.2) is 46.9 Å². The minimum atomic E-state index is 0.00922. The molecule has 5 heteroatoms. The van der Waals surface area contributed by atoms with Crippen LogP contribution < -0.4 is 4.74 Å². The van der Waals surface area contributed by atoms with Crippen LogP contribution in [-0.2, 0) is 4.79 Å². The lowest BCUT2D eigenvalue weighted by Gasteiger charge is -2.03. The third kappa shape index (κ3) is 3.14. The van der Waals surface area contributed by atoms with Crippen molar-refractivity contribution in [3.8, 4) is 17.0 Å². The summed E-state index contributed by atoms with van der Waals surface area (Å²) in [4.78, 5) is 11.0. The lowest BCUT2D eigenvalue weighted by Crippen LogP contribution is -2.06. The van der Waals surface area contributed by atoms with Crippen molar-refractivity contribution in [1.82, 2.24) is 4.37 Å². The van der Waals surface area contributed by atoms with Gasteiger partial charge in [-0.1, -0.05) is 28.1 Å². The van der Waals surface area contributed by atoms with Crippen molar-refractivity contribution in [2.24, 2.45) is 0 Å². The molecule has 0 unspecified atom stereocenters. The number of Topliss-reactive ketones (excluding diaryl/α,β-unsaturated/α-hetero) is 1. The van der Waals surface area contributed by atoms with E-state index in [0.717, 1.165) is 25.8 Å². The summed E-state index contributed by atoms with van der Waals surface area (Å²) in [5.41, 5.74) is 2.06. The van der Waals surface area contributed by atoms with Crippen molar-refractivity contribution >= 4 is 43.3 Å². The van der Waals surface area contributed by atoms with Crippen LogP contribution in [0.1, 0.15) is 6.92 Å². The van der Waals surface area contributed by atoms with E-state index in [2.05, 4.69) is 20.3 Å². The quantitative estimate of drug-likeness (QED) is 0.676. The minimum Gasteiger partial charge on any atom is -0.486 e. The lowest BCUT2D eigenvalue weighted by atomic mass is 10.1. The molecule has 3 rings (SSSR count). The Bertz CT molecular complexity index is 796. The average Bonchev–Trinajstić information content (AvgIpc) is 2.89. The molecule has 0 spiro atoms. The molecule has 0 saturated heterocycles. The highest BCUT2D eigenvalue weighted by Gasteiger charge is 2.09. The predicted molar refractivity (Wildman–Crippen MR) is 88.9 cm³/mol. The molecule has 3 nitrogen and oxygen atoms in total. The van der Waals surface area contributed by atoms with Gasteiger partial charge in [-0.05, 0) is 48.8 Å². The molecule has 3 aromatic rings. The van der Waals surface area contributed by atoms with Crippen LogP contribution in [0.4, 0.5) is 0 Å². The van der Waals surface area contributed by atoms with E-state index in [1.165, 1.54) is 18.5 Å². The zero-order valence-corrected chi connectivity index (χ0v) is 13.7. The minimum absolute atomic E-state index is 0.00922. The normalized spacial score (nSPS) is 10.8. The molecule has 2 aromatic carbocycles. The van der Waals surface area contributed by atoms with E-state index in [0.29, 0.717) is 5.75 Å². The van der Waals surface area contributed by atoms with Crippen LogP contribution in [0.5, 0.6) is 5.75 Å². The van der Waals surface area contributed by atoms with Gasteiger partial charge in [0.15, 0.2) is 5.78 Å². The maximum atomic E-state index is 11.0. The SMILES string of the molecule is CC(=O)COc1ccc2c(-c3ccc(Br)cc3)nsc2c1. The number of hydrogen-bond donors (Lipinski definition) is 0. The highest BCUT2D eigenvalue weighted by atomic mass is 79.9. The number of hydrogen-bond acceptors (Lipinski definition) is 4. The Morgan fingerprint density at radius 3 is 2.71 bits per heavy atom. The van der Waals surface area contributed by atoms with Gasteiger partial charge in [-0.3, -0.25) is 4.79 Å². The van der Waals surface area contributed by atoms with Gasteiger partial charge in [0.25, 0.3) is 0 Å². The summed E-state index contributed by atoms with van der Waals surface area (Å²) in [7, 11) is 0. The summed E-state index contributed by atoms with van der Waals surface area (Å²) in [5, 5.41) is 1.09. The summed E-state index contributed by atoms with van der Waals surface area (Å²) in [5.74, 6) is 0.707. The van der Waals surface area contributed by atoms with Gasteiger partial charge in [-0.15, -0.1) is 0 Å². The second-order valence-electron chi connectivity index (χ2n) is 4.69. The van der Waals surface area contributed by atoms with E-state index in [1.807, 2.05) is 42.5 Å². The molecule has 0 bridgehead atoms. The number of carbonyl (C=O) groups is 1. The number of ketones is 1. The molecule has 0 aliphatic rings. The van der Waals surface area contributed by atoms with Crippen molar-refractivity contribution in [3.63, 3.8) is 0 Å². The molecule has 21 heavy (non-hydrogen) atoms. The first-order chi connectivity index (χ1) is 10.1. The van der Waals surface area contributed by atoms with Crippen molar-refractivity contribution < 1.29 is 9.53 Å². The van der Waals surface area contributed by atoms with E-state index >= 15 is 0 Å². The standard InChI is InChI=1S/C16H12BrNO2S/c1-10(19)9-20-13-6-7-14-15(8-13)21-18-16(14)11-2-4-12(17)5-3-11/h2-8H,9H2,1H3. The van der Waals surface area contributed by atoms with Gasteiger partial charge in [0.1, 0.15) is 12.4 Å². The molecule has 0 saturated carbocycles. The summed E-state index contributed by atoms with van der Waals surface area (Å²) in [6.07, 6.45) is 0. The van der Waals surface area contributed by atoms with Gasteiger partial charge in [0.2, 0.25) is 0 Å². The predicted octanol–water partition coefficient (Wildman–Crippen LogP) is 4.69. The van der Waals surface area contributed by atoms with Crippen LogP contribution in [0.25, 0.3) is 21.3 Å². The van der Waals surface area contributed by atoms with Gasteiger partial charge in [0, 0.05) is 15.4 Å². The molecule has 0 aliphatic carbocycles. The molecule has 0 radical (unpaired) electrons. The van der Waals surface area contributed by atoms with Crippen molar-refractivity contribution in [3.05, 3.63) is 46.9 Å². The first-order valence-corrected chi connectivity index (χ1v) is 7.98. The Labute approximate surface area is 134 Å². The van der Waals surface area contributed by atoms with Gasteiger partial charge < -0.3 is 4.74 Å². The van der Waals surface area contributed by atoms with Crippen molar-refractivity contribution in [2.75, 3.05) is 6.61 Å². The molecule has 0 amide bonds. The zero-order chi connectivity index (χ0) is 14.8. The number of nitrogens with zero attached hydrogens (tertiary/aromatic N) is 1. The van der Waals surface area contributed by atoms with E-state index in [-0.39, 0.29) is 12.4 Å². The lowest BCUT2D eigenvalue weighted by molar-refractivity contribution is -0.118. The fraction of sp³-hybridized carbons (Fsp3) is 0.125. The monoisotopic (exact) mass is 361 g/mol. The first kappa shape index (κ1) is 14.2. The zero-order valence-electron chi connectivity index (χ0n) is 11.3. The molecule has 1 heterocycles. The Morgan fingerprint density at radius 2 is 2.00 bits per heavy atom. The smallest absolute Gasteiger partial charge is 0.167 e. The van der Waals surface area contributed by atoms with E-state index in [4.69, 9.17) is 4.74 Å². The summed E-state index contributed by atoms with van der Waals surface area (Å²) >= 11 is 4.87. The molecule has 0 aliphatic heterocycles. The van der Waals surface area contributed by atoms with Gasteiger partial charge >= 0.3 is 0 Å². The largest absolute Gasteiger partial charge is 0.486 e. The molecule has 106 valence electrons. The molecule has 1 aromatic heterocycles. The number of ether oxygens (including phenoxy) is 1. The van der Waals surface area contributed by atoms with Crippen molar-refractivity contribution in [2.45, 2.75) is 6.92 Å². The number of aromatic nitrogens is 1. The summed E-state index contributed by atoms with van der Waals surface area (Å²) in [6, 6.07) is 13.9. The van der Waals surface area contributed by atoms with Gasteiger partial charge in [-0.2, -0.15) is 4.37 Å². The van der Waals surface area contributed by atoms with E-state index in [1.54, 1.807) is 0 Å². The van der Waals surface area contributed by atoms with E-state index < -0.39 is 0 Å². The second kappa shape index (κ2) is 5.95. The Morgan fingerprint density at radius 1 is 1.24 bits per heavy atom. The van der Waals surface area contributed by atoms with Crippen LogP contribution in [-0.4, -0.2) is 16.8 Å². The average molecular weight is 362 g/mol. The number of halogens is 1. The first-order valence-electron chi connectivity index (χ1n) is 6.41. The Kier molecular flexibility index (Phi) is 4.03. The highest BCUT2D eigenvalue weighted by molar-refractivity contribution is 9.10. The number of fused-ring (bicyclic) bond motifs is 1. The topological polar surface area (TPSA) is 39.2 Å². The highest BCUT2D eigenvalue weighted by Crippen LogP contribution is 2.33. The number of rotatable bonds is 4. The van der Waals surface area contributed by atoms with Gasteiger partial charge in [-0.25, -0.2) is 0 Å². The number of carbonyl (C=O) groups excluding carboxylic acids is 1. The molecule has 0 N–H and O–H groups in total. The fourth-order valence-corrected chi connectivity index (χ4v) is 3.10. The maximum absolute atomic E-state index is 11.0. The molecular formula is C16H12BrNO2S. The van der Waals surface area contributed by atoms with E-state index in [9.17, 15) is 4.79 Å². The second-order valence-corrected chi connectivity index (χ2v) is 6.41. The fourth-order valence-electron chi connectivity index (χ4n) is 2.01. The molecular weight excluding hydrogens is 350 g/mol. The molecule has 0 atom stereocenters. The van der Waals surface area contributed by atoms with Crippen LogP contribution in [0.2, 0.25) is 0 Å². The summed E-state index contributed by atoms with van der Waals surface area (Å²) in [6.45, 7) is 1.61. The summed E-state index contributed by atoms with van der Waals surface area (Å²) < 4.78 is 12.1. The third-order valence-electron chi connectivity index (χ3n) is 3.00. The maximum Gasteiger partial charge on any atom is 0.167 e. The van der Waals surface area contributed by atoms with Crippen LogP contribution >= 0.6 is 27.5 Å². The molecule has 0 fully saturated rings. The van der Waals surface area contributed by atoms with Crippen molar-refractivity contribution in [1.29, 1.82) is 0 Å². The third-order valence-corrected chi connectivity index (χ3v) is 4.34. The number of benzene rings is 2. The Balaban J connectivity index is 1.95. The van der Waals surface area contributed by atoms with Gasteiger partial charge in [0.05, 0.1) is 10.4 Å².